The highest BCUT2D eigenvalue weighted by atomic mass is 19.4. The van der Waals surface area contributed by atoms with E-state index >= 15 is 0 Å². The van der Waals surface area contributed by atoms with Crippen LogP contribution in [-0.2, 0) is 17.7 Å². The zero-order valence-electron chi connectivity index (χ0n) is 15.9. The van der Waals surface area contributed by atoms with Crippen LogP contribution in [-0.4, -0.2) is 41.8 Å². The van der Waals surface area contributed by atoms with Crippen LogP contribution < -0.4 is 4.74 Å². The van der Waals surface area contributed by atoms with Crippen molar-refractivity contribution in [3.05, 3.63) is 64.8 Å². The molecule has 1 N–H and O–H groups in total. The molecule has 0 spiro atoms. The van der Waals surface area contributed by atoms with Gasteiger partial charge in [-0.3, -0.25) is 4.79 Å². The van der Waals surface area contributed by atoms with E-state index in [0.29, 0.717) is 25.1 Å². The number of carbonyl (C=O) groups is 2. The number of fused-ring (bicyclic) bond motifs is 3. The van der Waals surface area contributed by atoms with Crippen molar-refractivity contribution in [1.29, 1.82) is 0 Å². The number of alkyl halides is 3. The van der Waals surface area contributed by atoms with Gasteiger partial charge in [-0.2, -0.15) is 0 Å². The van der Waals surface area contributed by atoms with Gasteiger partial charge >= 0.3 is 12.3 Å². The Morgan fingerprint density at radius 2 is 1.77 bits per heavy atom. The number of benzene rings is 2. The highest BCUT2D eigenvalue weighted by molar-refractivity contribution is 5.97. The van der Waals surface area contributed by atoms with Crippen LogP contribution in [0.1, 0.15) is 32.0 Å². The minimum Gasteiger partial charge on any atom is -0.465 e. The molecule has 1 amide bonds. The van der Waals surface area contributed by atoms with Gasteiger partial charge in [0.2, 0.25) is 0 Å². The third kappa shape index (κ3) is 3.83. The predicted octanol–water partition coefficient (Wildman–Crippen LogP) is 4.05. The van der Waals surface area contributed by atoms with Crippen LogP contribution in [0, 0.1) is 0 Å². The summed E-state index contributed by atoms with van der Waals surface area (Å²) in [4.78, 5) is 29.6. The van der Waals surface area contributed by atoms with Gasteiger partial charge < -0.3 is 19.4 Å². The number of hydrogen-bond donors (Lipinski definition) is 1. The molecule has 9 heteroatoms. The number of ether oxygens (including phenoxy) is 2. The van der Waals surface area contributed by atoms with Gasteiger partial charge in [0, 0.05) is 47.2 Å². The third-order valence-electron chi connectivity index (χ3n) is 5.02. The molecule has 0 atom stereocenters. The van der Waals surface area contributed by atoms with E-state index < -0.39 is 12.3 Å². The first-order valence-electron chi connectivity index (χ1n) is 9.12. The van der Waals surface area contributed by atoms with Gasteiger partial charge in [0.25, 0.3) is 5.91 Å². The normalized spacial score (nSPS) is 13.8. The molecular weight excluding hydrogens is 401 g/mol. The van der Waals surface area contributed by atoms with E-state index in [-0.39, 0.29) is 17.2 Å². The SMILES string of the molecule is COC(=O)c1ccc2[nH]c3c(c2c1)CN(C(=O)c1ccc(OC(F)(F)F)cc1)CC3. The molecule has 6 nitrogen and oxygen atoms in total. The first-order chi connectivity index (χ1) is 14.2. The summed E-state index contributed by atoms with van der Waals surface area (Å²) in [6.07, 6.45) is -4.19. The molecule has 0 saturated carbocycles. The average Bonchev–Trinajstić information content (AvgIpc) is 3.09. The molecule has 0 aliphatic carbocycles. The molecular formula is C21H17F3N2O4. The number of aromatic nitrogens is 1. The molecule has 0 saturated heterocycles. The second-order valence-electron chi connectivity index (χ2n) is 6.88. The molecule has 0 bridgehead atoms. The number of methoxy groups -OCH3 is 1. The van der Waals surface area contributed by atoms with Crippen molar-refractivity contribution in [1.82, 2.24) is 9.88 Å². The number of aromatic amines is 1. The lowest BCUT2D eigenvalue weighted by Gasteiger charge is -2.27. The van der Waals surface area contributed by atoms with E-state index in [2.05, 4.69) is 9.72 Å². The number of nitrogens with one attached hydrogen (secondary N) is 1. The topological polar surface area (TPSA) is 71.6 Å². The maximum absolute atomic E-state index is 12.9. The molecule has 30 heavy (non-hydrogen) atoms. The van der Waals surface area contributed by atoms with Crippen LogP contribution in [0.2, 0.25) is 0 Å². The van der Waals surface area contributed by atoms with Crippen LogP contribution in [0.4, 0.5) is 13.2 Å². The molecule has 0 unspecified atom stereocenters. The van der Waals surface area contributed by atoms with E-state index in [1.165, 1.54) is 19.2 Å². The Hall–Kier alpha value is -3.49. The molecule has 1 aromatic heterocycles. The molecule has 156 valence electrons. The fourth-order valence-corrected chi connectivity index (χ4v) is 3.61. The second kappa shape index (κ2) is 7.40. The van der Waals surface area contributed by atoms with Crippen molar-refractivity contribution >= 4 is 22.8 Å². The van der Waals surface area contributed by atoms with E-state index in [1.807, 2.05) is 0 Å². The smallest absolute Gasteiger partial charge is 0.465 e. The molecule has 0 fully saturated rings. The largest absolute Gasteiger partial charge is 0.573 e. The predicted molar refractivity (Wildman–Crippen MR) is 101 cm³/mol. The fraction of sp³-hybridized carbons (Fsp3) is 0.238. The summed E-state index contributed by atoms with van der Waals surface area (Å²) in [5.74, 6) is -1.12. The summed E-state index contributed by atoms with van der Waals surface area (Å²) in [5, 5.41) is 0.833. The number of carbonyl (C=O) groups excluding carboxylic acids is 2. The summed E-state index contributed by atoms with van der Waals surface area (Å²) in [6, 6.07) is 10.0. The van der Waals surface area contributed by atoms with Gasteiger partial charge in [0.05, 0.1) is 12.7 Å². The third-order valence-corrected chi connectivity index (χ3v) is 5.02. The van der Waals surface area contributed by atoms with Crippen LogP contribution in [0.3, 0.4) is 0 Å². The number of esters is 1. The molecule has 1 aliphatic rings. The van der Waals surface area contributed by atoms with Gasteiger partial charge in [-0.25, -0.2) is 4.79 Å². The van der Waals surface area contributed by atoms with E-state index in [1.54, 1.807) is 23.1 Å². The minimum atomic E-state index is -4.78. The first kappa shape index (κ1) is 19.8. The van der Waals surface area contributed by atoms with Crippen molar-refractivity contribution in [2.24, 2.45) is 0 Å². The number of nitrogens with zero attached hydrogens (tertiary/aromatic N) is 1. The Morgan fingerprint density at radius 3 is 2.43 bits per heavy atom. The van der Waals surface area contributed by atoms with Crippen molar-refractivity contribution in [3.8, 4) is 5.75 Å². The van der Waals surface area contributed by atoms with Crippen LogP contribution in [0.25, 0.3) is 10.9 Å². The molecule has 3 aromatic rings. The monoisotopic (exact) mass is 418 g/mol. The summed E-state index contributed by atoms with van der Waals surface area (Å²) in [6.45, 7) is 0.781. The highest BCUT2D eigenvalue weighted by Gasteiger charge is 2.31. The molecule has 2 heterocycles. The molecule has 0 radical (unpaired) electrons. The second-order valence-corrected chi connectivity index (χ2v) is 6.88. The Balaban J connectivity index is 1.57. The van der Waals surface area contributed by atoms with Gasteiger partial charge in [0.15, 0.2) is 0 Å². The van der Waals surface area contributed by atoms with Crippen LogP contribution >= 0.6 is 0 Å². The number of rotatable bonds is 3. The zero-order valence-corrected chi connectivity index (χ0v) is 15.9. The van der Waals surface area contributed by atoms with Crippen LogP contribution in [0.15, 0.2) is 42.5 Å². The lowest BCUT2D eigenvalue weighted by atomic mass is 10.0. The van der Waals surface area contributed by atoms with Crippen LogP contribution in [0.5, 0.6) is 5.75 Å². The van der Waals surface area contributed by atoms with Crippen molar-refractivity contribution in [3.63, 3.8) is 0 Å². The van der Waals surface area contributed by atoms with Gasteiger partial charge in [-0.15, -0.1) is 13.2 Å². The molecule has 1 aliphatic heterocycles. The molecule has 2 aromatic carbocycles. The van der Waals surface area contributed by atoms with Crippen molar-refractivity contribution < 1.29 is 32.2 Å². The van der Waals surface area contributed by atoms with Gasteiger partial charge in [-0.05, 0) is 42.5 Å². The Morgan fingerprint density at radius 1 is 1.07 bits per heavy atom. The number of hydrogen-bond acceptors (Lipinski definition) is 4. The first-order valence-corrected chi connectivity index (χ1v) is 9.12. The standard InChI is InChI=1S/C21H17F3N2O4/c1-29-20(28)13-4-7-17-15(10-13)16-11-26(9-8-18(16)25-17)19(27)12-2-5-14(6-3-12)30-21(22,23)24/h2-7,10,25H,8-9,11H2,1H3. The lowest BCUT2D eigenvalue weighted by Crippen LogP contribution is -2.35. The summed E-state index contributed by atoms with van der Waals surface area (Å²) >= 11 is 0. The number of amides is 1. The number of H-pyrrole nitrogens is 1. The average molecular weight is 418 g/mol. The fourth-order valence-electron chi connectivity index (χ4n) is 3.61. The quantitative estimate of drug-likeness (QED) is 0.652. The minimum absolute atomic E-state index is 0.267. The highest BCUT2D eigenvalue weighted by Crippen LogP contribution is 2.30. The summed E-state index contributed by atoms with van der Waals surface area (Å²) in [7, 11) is 1.31. The lowest BCUT2D eigenvalue weighted by molar-refractivity contribution is -0.274. The van der Waals surface area contributed by atoms with Crippen molar-refractivity contribution in [2.75, 3.05) is 13.7 Å². The summed E-state index contributed by atoms with van der Waals surface area (Å²) < 4.78 is 45.5. The van der Waals surface area contributed by atoms with E-state index in [9.17, 15) is 22.8 Å². The molecule has 4 rings (SSSR count). The summed E-state index contributed by atoms with van der Waals surface area (Å²) in [5.41, 5.74) is 3.44. The maximum atomic E-state index is 12.9. The van der Waals surface area contributed by atoms with E-state index in [0.717, 1.165) is 34.3 Å². The Bertz CT molecular complexity index is 1120. The Kier molecular flexibility index (Phi) is 4.89. The zero-order chi connectivity index (χ0) is 21.5. The maximum Gasteiger partial charge on any atom is 0.573 e. The van der Waals surface area contributed by atoms with Gasteiger partial charge in [-0.1, -0.05) is 0 Å². The van der Waals surface area contributed by atoms with Gasteiger partial charge in [0.1, 0.15) is 5.75 Å². The number of halogens is 3. The van der Waals surface area contributed by atoms with Crippen molar-refractivity contribution in [2.45, 2.75) is 19.3 Å². The Labute approximate surface area is 169 Å². The van der Waals surface area contributed by atoms with E-state index in [4.69, 9.17) is 4.74 Å².